The minimum Gasteiger partial charge on any atom is -0.487 e. The maximum absolute atomic E-state index is 10.7. The van der Waals surface area contributed by atoms with Crippen LogP contribution in [0.2, 0.25) is 10.0 Å². The van der Waals surface area contributed by atoms with E-state index >= 15 is 0 Å². The Morgan fingerprint density at radius 1 is 1.18 bits per heavy atom. The van der Waals surface area contributed by atoms with Gasteiger partial charge in [-0.05, 0) is 23.8 Å². The van der Waals surface area contributed by atoms with E-state index in [4.69, 9.17) is 27.9 Å². The lowest BCUT2D eigenvalue weighted by Gasteiger charge is -2.11. The molecule has 0 aliphatic heterocycles. The lowest BCUT2D eigenvalue weighted by molar-refractivity contribution is -0.385. The van der Waals surface area contributed by atoms with Gasteiger partial charge in [-0.25, -0.2) is 4.98 Å². The van der Waals surface area contributed by atoms with E-state index in [9.17, 15) is 10.1 Å². The van der Waals surface area contributed by atoms with Crippen LogP contribution >= 0.6 is 23.2 Å². The maximum Gasteiger partial charge on any atom is 0.287 e. The molecule has 142 valence electrons. The Labute approximate surface area is 170 Å². The van der Waals surface area contributed by atoms with Crippen LogP contribution < -0.4 is 10.2 Å². The van der Waals surface area contributed by atoms with E-state index in [-0.39, 0.29) is 5.69 Å². The first kappa shape index (κ1) is 19.6. The van der Waals surface area contributed by atoms with Gasteiger partial charge in [-0.15, -0.1) is 0 Å². The number of hydrogen-bond acceptors (Lipinski definition) is 6. The van der Waals surface area contributed by atoms with Gasteiger partial charge in [0.25, 0.3) is 5.69 Å². The number of hydrogen-bond donors (Lipinski definition) is 1. The van der Waals surface area contributed by atoms with Crippen LogP contribution in [-0.4, -0.2) is 16.1 Å². The third kappa shape index (κ3) is 5.18. The lowest BCUT2D eigenvalue weighted by atomic mass is 10.2. The minimum atomic E-state index is -0.523. The van der Waals surface area contributed by atoms with Gasteiger partial charge >= 0.3 is 0 Å². The first-order chi connectivity index (χ1) is 13.5. The van der Waals surface area contributed by atoms with Crippen molar-refractivity contribution in [3.05, 3.63) is 92.1 Å². The molecule has 1 heterocycles. The van der Waals surface area contributed by atoms with Crippen molar-refractivity contribution < 1.29 is 9.66 Å². The van der Waals surface area contributed by atoms with Crippen LogP contribution in [-0.2, 0) is 6.61 Å². The SMILES string of the molecule is O=[N+]([O-])c1ccc(N/N=C\c2cc(Cl)cc(Cl)c2OCc2ccccc2)nc1. The molecule has 28 heavy (non-hydrogen) atoms. The van der Waals surface area contributed by atoms with Crippen LogP contribution in [0.3, 0.4) is 0 Å². The van der Waals surface area contributed by atoms with E-state index in [0.717, 1.165) is 11.8 Å². The second-order valence-electron chi connectivity index (χ2n) is 5.61. The fraction of sp³-hybridized carbons (Fsp3) is 0.0526. The van der Waals surface area contributed by atoms with Gasteiger partial charge in [-0.1, -0.05) is 53.5 Å². The van der Waals surface area contributed by atoms with Crippen molar-refractivity contribution in [3.8, 4) is 5.75 Å². The highest BCUT2D eigenvalue weighted by molar-refractivity contribution is 6.36. The molecule has 7 nitrogen and oxygen atoms in total. The van der Waals surface area contributed by atoms with E-state index in [1.54, 1.807) is 12.1 Å². The highest BCUT2D eigenvalue weighted by atomic mass is 35.5. The van der Waals surface area contributed by atoms with Crippen LogP contribution in [0.15, 0.2) is 65.9 Å². The molecule has 1 N–H and O–H groups in total. The number of nitrogens with one attached hydrogen (secondary N) is 1. The number of anilines is 1. The summed E-state index contributed by atoms with van der Waals surface area (Å²) in [6.45, 7) is 0.334. The van der Waals surface area contributed by atoms with Crippen molar-refractivity contribution in [1.82, 2.24) is 4.98 Å². The van der Waals surface area contributed by atoms with Gasteiger partial charge in [0.15, 0.2) is 0 Å². The van der Waals surface area contributed by atoms with E-state index in [1.165, 1.54) is 18.3 Å². The Kier molecular flexibility index (Phi) is 6.41. The Balaban J connectivity index is 1.74. The van der Waals surface area contributed by atoms with Gasteiger partial charge in [0, 0.05) is 16.7 Å². The normalized spacial score (nSPS) is 10.8. The number of nitro groups is 1. The molecule has 2 aromatic carbocycles. The van der Waals surface area contributed by atoms with Gasteiger partial charge < -0.3 is 4.74 Å². The Morgan fingerprint density at radius 3 is 2.64 bits per heavy atom. The van der Waals surface area contributed by atoms with Gasteiger partial charge in [-0.3, -0.25) is 15.5 Å². The number of rotatable bonds is 7. The van der Waals surface area contributed by atoms with E-state index < -0.39 is 4.92 Å². The summed E-state index contributed by atoms with van der Waals surface area (Å²) >= 11 is 12.4. The summed E-state index contributed by atoms with van der Waals surface area (Å²) in [6.07, 6.45) is 2.63. The predicted molar refractivity (Wildman–Crippen MR) is 109 cm³/mol. The molecule has 3 rings (SSSR count). The second-order valence-corrected chi connectivity index (χ2v) is 6.45. The first-order valence-corrected chi connectivity index (χ1v) is 8.84. The summed E-state index contributed by atoms with van der Waals surface area (Å²) in [4.78, 5) is 14.0. The molecule has 0 spiro atoms. The Hall–Kier alpha value is -3.16. The molecule has 3 aromatic rings. The third-order valence-corrected chi connectivity index (χ3v) is 4.10. The molecule has 0 saturated carbocycles. The first-order valence-electron chi connectivity index (χ1n) is 8.08. The van der Waals surface area contributed by atoms with E-state index in [1.807, 2.05) is 30.3 Å². The third-order valence-electron chi connectivity index (χ3n) is 3.60. The standard InChI is InChI=1S/C19H14Cl2N4O3/c20-15-8-14(10-23-24-18-7-6-16(11-22-18)25(26)27)19(17(21)9-15)28-12-13-4-2-1-3-5-13/h1-11H,12H2,(H,22,24)/b23-10-. The van der Waals surface area contributed by atoms with Crippen molar-refractivity contribution in [1.29, 1.82) is 0 Å². The number of nitrogens with zero attached hydrogens (tertiary/aromatic N) is 3. The summed E-state index contributed by atoms with van der Waals surface area (Å²) < 4.78 is 5.85. The summed E-state index contributed by atoms with van der Waals surface area (Å²) in [5, 5.41) is 15.5. The molecule has 0 bridgehead atoms. The predicted octanol–water partition coefficient (Wildman–Crippen LogP) is 5.32. The highest BCUT2D eigenvalue weighted by Crippen LogP contribution is 2.32. The molecular formula is C19H14Cl2N4O3. The molecule has 0 fully saturated rings. The van der Waals surface area contributed by atoms with Crippen LogP contribution in [0.1, 0.15) is 11.1 Å². The fourth-order valence-electron chi connectivity index (χ4n) is 2.29. The van der Waals surface area contributed by atoms with Gasteiger partial charge in [-0.2, -0.15) is 5.10 Å². The number of pyridine rings is 1. The molecule has 0 saturated heterocycles. The molecular weight excluding hydrogens is 403 g/mol. The van der Waals surface area contributed by atoms with Crippen LogP contribution in [0.5, 0.6) is 5.75 Å². The highest BCUT2D eigenvalue weighted by Gasteiger charge is 2.10. The van der Waals surface area contributed by atoms with Crippen molar-refractivity contribution in [3.63, 3.8) is 0 Å². The number of benzene rings is 2. The Bertz CT molecular complexity index is 996. The summed E-state index contributed by atoms with van der Waals surface area (Å²) in [7, 11) is 0. The molecule has 0 amide bonds. The zero-order chi connectivity index (χ0) is 19.9. The molecule has 1 aromatic heterocycles. The molecule has 0 atom stereocenters. The molecule has 0 radical (unpaired) electrons. The van der Waals surface area contributed by atoms with Crippen molar-refractivity contribution in [2.45, 2.75) is 6.61 Å². The average molecular weight is 417 g/mol. The molecule has 0 aliphatic rings. The number of hydrazone groups is 1. The largest absolute Gasteiger partial charge is 0.487 e. The minimum absolute atomic E-state index is 0.104. The van der Waals surface area contributed by atoms with E-state index in [0.29, 0.717) is 33.8 Å². The summed E-state index contributed by atoms with van der Waals surface area (Å²) in [5.41, 5.74) is 4.15. The van der Waals surface area contributed by atoms with Crippen LogP contribution in [0, 0.1) is 10.1 Å². The molecule has 9 heteroatoms. The van der Waals surface area contributed by atoms with Gasteiger partial charge in [0.2, 0.25) is 0 Å². The topological polar surface area (TPSA) is 89.7 Å². The quantitative estimate of drug-likeness (QED) is 0.319. The number of ether oxygens (including phenoxy) is 1. The zero-order valence-corrected chi connectivity index (χ0v) is 15.9. The zero-order valence-electron chi connectivity index (χ0n) is 14.4. The fourth-order valence-corrected chi connectivity index (χ4v) is 2.85. The monoisotopic (exact) mass is 416 g/mol. The van der Waals surface area contributed by atoms with Crippen molar-refractivity contribution >= 4 is 40.9 Å². The van der Waals surface area contributed by atoms with Gasteiger partial charge in [0.1, 0.15) is 24.4 Å². The van der Waals surface area contributed by atoms with Gasteiger partial charge in [0.05, 0.1) is 16.2 Å². The molecule has 0 unspecified atom stereocenters. The average Bonchev–Trinajstić information content (AvgIpc) is 2.68. The van der Waals surface area contributed by atoms with Crippen LogP contribution in [0.25, 0.3) is 0 Å². The molecule has 0 aliphatic carbocycles. The smallest absolute Gasteiger partial charge is 0.287 e. The maximum atomic E-state index is 10.7. The lowest BCUT2D eigenvalue weighted by Crippen LogP contribution is -2.00. The summed E-state index contributed by atoms with van der Waals surface area (Å²) in [6, 6.07) is 15.7. The van der Waals surface area contributed by atoms with Crippen molar-refractivity contribution in [2.75, 3.05) is 5.43 Å². The second kappa shape index (κ2) is 9.16. The number of aromatic nitrogens is 1. The number of halogens is 2. The van der Waals surface area contributed by atoms with Crippen LogP contribution in [0.4, 0.5) is 11.5 Å². The Morgan fingerprint density at radius 2 is 1.96 bits per heavy atom. The van der Waals surface area contributed by atoms with Crippen molar-refractivity contribution in [2.24, 2.45) is 5.10 Å². The van der Waals surface area contributed by atoms with E-state index in [2.05, 4.69) is 15.5 Å². The summed E-state index contributed by atoms with van der Waals surface area (Å²) in [5.74, 6) is 0.791.